The molecule has 1 aromatic heterocycles. The van der Waals surface area contributed by atoms with Gasteiger partial charge in [0.05, 0.1) is 42.0 Å². The maximum Gasteiger partial charge on any atom is 0.306 e. The number of aryl methyl sites for hydroxylation is 1. The van der Waals surface area contributed by atoms with Crippen molar-refractivity contribution in [3.8, 4) is 6.07 Å². The molecule has 1 fully saturated rings. The standard InChI is InChI=1S/C23H28N2O4/c1-4-8-23(11-18(26)27)22-16(7-9-29-23)19-15(12-24)10-17(13(2)20(19)25-22)21(28-3)14-5-6-14/h10,14,21,25H,4-9,11H2,1-3H3,(H,26,27). The van der Waals surface area contributed by atoms with Gasteiger partial charge >= 0.3 is 5.97 Å². The number of aromatic nitrogens is 1. The van der Waals surface area contributed by atoms with E-state index in [1.165, 1.54) is 0 Å². The molecule has 0 radical (unpaired) electrons. The number of fused-ring (bicyclic) bond motifs is 3. The highest BCUT2D eigenvalue weighted by molar-refractivity contribution is 5.94. The molecule has 0 spiro atoms. The Morgan fingerprint density at radius 3 is 2.86 bits per heavy atom. The summed E-state index contributed by atoms with van der Waals surface area (Å²) in [6.45, 7) is 4.56. The van der Waals surface area contributed by atoms with Crippen molar-refractivity contribution in [2.45, 2.75) is 64.1 Å². The Morgan fingerprint density at radius 1 is 1.52 bits per heavy atom. The Hall–Kier alpha value is -2.36. The third kappa shape index (κ3) is 3.23. The van der Waals surface area contributed by atoms with Crippen LogP contribution in [0.3, 0.4) is 0 Å². The van der Waals surface area contributed by atoms with Gasteiger partial charge in [0.15, 0.2) is 0 Å². The molecule has 0 amide bonds. The number of carboxylic acid groups (broad SMARTS) is 1. The molecule has 6 heteroatoms. The number of carboxylic acids is 1. The summed E-state index contributed by atoms with van der Waals surface area (Å²) < 4.78 is 11.9. The fourth-order valence-electron chi connectivity index (χ4n) is 5.09. The number of H-pyrrole nitrogens is 1. The molecule has 6 nitrogen and oxygen atoms in total. The summed E-state index contributed by atoms with van der Waals surface area (Å²) in [6, 6.07) is 4.36. The van der Waals surface area contributed by atoms with Crippen molar-refractivity contribution in [2.24, 2.45) is 5.92 Å². The van der Waals surface area contributed by atoms with Gasteiger partial charge in [0.25, 0.3) is 0 Å². The van der Waals surface area contributed by atoms with Crippen LogP contribution in [0.2, 0.25) is 0 Å². The first kappa shape index (κ1) is 19.9. The molecule has 29 heavy (non-hydrogen) atoms. The van der Waals surface area contributed by atoms with Gasteiger partial charge in [0, 0.05) is 12.5 Å². The molecule has 0 saturated heterocycles. The van der Waals surface area contributed by atoms with Crippen LogP contribution < -0.4 is 0 Å². The number of nitrogens with zero attached hydrogens (tertiary/aromatic N) is 1. The zero-order valence-electron chi connectivity index (χ0n) is 17.3. The van der Waals surface area contributed by atoms with Gasteiger partial charge in [0.1, 0.15) is 5.60 Å². The summed E-state index contributed by atoms with van der Waals surface area (Å²) in [5.74, 6) is -0.377. The van der Waals surface area contributed by atoms with Gasteiger partial charge in [-0.3, -0.25) is 4.79 Å². The Balaban J connectivity index is 1.96. The van der Waals surface area contributed by atoms with Crippen LogP contribution >= 0.6 is 0 Å². The second-order valence-corrected chi connectivity index (χ2v) is 8.39. The normalized spacial score (nSPS) is 22.3. The number of nitrogens with one attached hydrogen (secondary N) is 1. The highest BCUT2D eigenvalue weighted by Gasteiger charge is 2.42. The maximum atomic E-state index is 11.7. The lowest BCUT2D eigenvalue weighted by Crippen LogP contribution is -2.37. The van der Waals surface area contributed by atoms with Gasteiger partial charge < -0.3 is 19.6 Å². The average molecular weight is 396 g/mol. The number of ether oxygens (including phenoxy) is 2. The van der Waals surface area contributed by atoms with Gasteiger partial charge in [-0.2, -0.15) is 5.26 Å². The zero-order chi connectivity index (χ0) is 20.8. The SMILES string of the molecule is CCCC1(CC(=O)O)OCCc2c1[nH]c1c(C)c(C(OC)C3CC3)cc(C#N)c21. The first-order valence-corrected chi connectivity index (χ1v) is 10.4. The Kier molecular flexibility index (Phi) is 5.14. The highest BCUT2D eigenvalue weighted by Crippen LogP contribution is 2.48. The van der Waals surface area contributed by atoms with Crippen molar-refractivity contribution in [1.29, 1.82) is 5.26 Å². The van der Waals surface area contributed by atoms with E-state index in [1.54, 1.807) is 7.11 Å². The molecule has 1 aliphatic heterocycles. The summed E-state index contributed by atoms with van der Waals surface area (Å²) in [5, 5.41) is 20.4. The molecular weight excluding hydrogens is 368 g/mol. The van der Waals surface area contributed by atoms with Crippen LogP contribution in [-0.4, -0.2) is 29.8 Å². The van der Waals surface area contributed by atoms with Gasteiger partial charge in [-0.1, -0.05) is 13.3 Å². The molecule has 2 unspecified atom stereocenters. The van der Waals surface area contributed by atoms with Gasteiger partial charge in [-0.15, -0.1) is 0 Å². The van der Waals surface area contributed by atoms with Crippen molar-refractivity contribution in [3.05, 3.63) is 34.0 Å². The summed E-state index contributed by atoms with van der Waals surface area (Å²) in [7, 11) is 1.73. The lowest BCUT2D eigenvalue weighted by Gasteiger charge is -2.36. The molecular formula is C23H28N2O4. The molecule has 2 atom stereocenters. The molecule has 0 bridgehead atoms. The molecule has 2 N–H and O–H groups in total. The molecule has 2 aromatic rings. The number of benzene rings is 1. The van der Waals surface area contributed by atoms with E-state index in [0.717, 1.165) is 52.5 Å². The van der Waals surface area contributed by atoms with E-state index < -0.39 is 11.6 Å². The molecule has 1 saturated carbocycles. The zero-order valence-corrected chi connectivity index (χ0v) is 17.3. The maximum absolute atomic E-state index is 11.7. The molecule has 154 valence electrons. The number of hydrogen-bond acceptors (Lipinski definition) is 4. The third-order valence-corrected chi connectivity index (χ3v) is 6.49. The highest BCUT2D eigenvalue weighted by atomic mass is 16.5. The van der Waals surface area contributed by atoms with E-state index in [9.17, 15) is 15.2 Å². The number of aromatic amines is 1. The molecule has 4 rings (SSSR count). The number of methoxy groups -OCH3 is 1. The Labute approximate surface area is 170 Å². The van der Waals surface area contributed by atoms with E-state index in [2.05, 4.69) is 18.0 Å². The second kappa shape index (κ2) is 7.47. The van der Waals surface area contributed by atoms with Crippen LogP contribution in [0, 0.1) is 24.2 Å². The van der Waals surface area contributed by atoms with E-state index in [-0.39, 0.29) is 12.5 Å². The topological polar surface area (TPSA) is 95.3 Å². The fraction of sp³-hybridized carbons (Fsp3) is 0.565. The minimum absolute atomic E-state index is 0.0116. The van der Waals surface area contributed by atoms with Crippen molar-refractivity contribution >= 4 is 16.9 Å². The summed E-state index contributed by atoms with van der Waals surface area (Å²) >= 11 is 0. The van der Waals surface area contributed by atoms with Gasteiger partial charge in [-0.25, -0.2) is 0 Å². The minimum atomic E-state index is -0.879. The van der Waals surface area contributed by atoms with Crippen molar-refractivity contribution < 1.29 is 19.4 Å². The predicted octanol–water partition coefficient (Wildman–Crippen LogP) is 4.49. The van der Waals surface area contributed by atoms with Crippen LogP contribution in [0.25, 0.3) is 10.9 Å². The van der Waals surface area contributed by atoms with E-state index >= 15 is 0 Å². The molecule has 2 aliphatic rings. The predicted molar refractivity (Wildman–Crippen MR) is 109 cm³/mol. The largest absolute Gasteiger partial charge is 0.481 e. The van der Waals surface area contributed by atoms with Crippen LogP contribution in [-0.2, 0) is 26.3 Å². The number of aliphatic carboxylic acids is 1. The first-order valence-electron chi connectivity index (χ1n) is 10.4. The van der Waals surface area contributed by atoms with Gasteiger partial charge in [-0.05, 0) is 61.3 Å². The number of rotatable bonds is 7. The second-order valence-electron chi connectivity index (χ2n) is 8.39. The lowest BCUT2D eigenvalue weighted by atomic mass is 9.84. The van der Waals surface area contributed by atoms with E-state index in [0.29, 0.717) is 30.9 Å². The molecule has 1 aliphatic carbocycles. The first-order chi connectivity index (χ1) is 14.0. The average Bonchev–Trinajstić information content (AvgIpc) is 3.43. The fourth-order valence-corrected chi connectivity index (χ4v) is 5.09. The van der Waals surface area contributed by atoms with Crippen LogP contribution in [0.15, 0.2) is 6.07 Å². The summed E-state index contributed by atoms with van der Waals surface area (Å²) in [6.07, 6.45) is 4.29. The monoisotopic (exact) mass is 396 g/mol. The Morgan fingerprint density at radius 2 is 2.28 bits per heavy atom. The minimum Gasteiger partial charge on any atom is -0.481 e. The quantitative estimate of drug-likeness (QED) is 0.719. The van der Waals surface area contributed by atoms with Crippen molar-refractivity contribution in [3.63, 3.8) is 0 Å². The molecule has 1 aromatic carbocycles. The van der Waals surface area contributed by atoms with Crippen molar-refractivity contribution in [2.75, 3.05) is 13.7 Å². The smallest absolute Gasteiger partial charge is 0.306 e. The van der Waals surface area contributed by atoms with E-state index in [1.807, 2.05) is 13.0 Å². The van der Waals surface area contributed by atoms with Gasteiger partial charge in [0.2, 0.25) is 0 Å². The van der Waals surface area contributed by atoms with Crippen LogP contribution in [0.4, 0.5) is 0 Å². The van der Waals surface area contributed by atoms with Crippen LogP contribution in [0.5, 0.6) is 0 Å². The lowest BCUT2D eigenvalue weighted by molar-refractivity contribution is -0.149. The van der Waals surface area contributed by atoms with Crippen molar-refractivity contribution in [1.82, 2.24) is 4.98 Å². The number of nitriles is 1. The number of carbonyl (C=O) groups is 1. The molecule has 2 heterocycles. The summed E-state index contributed by atoms with van der Waals surface area (Å²) in [4.78, 5) is 15.2. The summed E-state index contributed by atoms with van der Waals surface area (Å²) in [5.41, 5.74) is 4.67. The third-order valence-electron chi connectivity index (χ3n) is 6.49. The Bertz CT molecular complexity index is 999. The van der Waals surface area contributed by atoms with E-state index in [4.69, 9.17) is 9.47 Å². The van der Waals surface area contributed by atoms with Crippen LogP contribution in [0.1, 0.15) is 73.1 Å². The number of hydrogen-bond donors (Lipinski definition) is 2.